The number of rotatable bonds is 5. The molecule has 1 fully saturated rings. The number of amides is 2. The Bertz CT molecular complexity index is 965. The summed E-state index contributed by atoms with van der Waals surface area (Å²) >= 11 is 0. The van der Waals surface area contributed by atoms with Gasteiger partial charge < -0.3 is 15.2 Å². The van der Waals surface area contributed by atoms with Gasteiger partial charge in [0.15, 0.2) is 0 Å². The van der Waals surface area contributed by atoms with Crippen molar-refractivity contribution in [3.8, 4) is 0 Å². The van der Waals surface area contributed by atoms with Gasteiger partial charge in [-0.2, -0.15) is 13.2 Å². The van der Waals surface area contributed by atoms with E-state index in [1.807, 2.05) is 0 Å². The quantitative estimate of drug-likeness (QED) is 0.819. The van der Waals surface area contributed by atoms with Crippen molar-refractivity contribution < 1.29 is 22.8 Å². The summed E-state index contributed by atoms with van der Waals surface area (Å²) in [6.45, 7) is -0.124. The minimum atomic E-state index is -4.49. The molecule has 1 aliphatic carbocycles. The van der Waals surface area contributed by atoms with Crippen LogP contribution in [-0.4, -0.2) is 34.8 Å². The number of aromatic amines is 1. The molecule has 2 aromatic rings. The molecule has 0 saturated heterocycles. The third-order valence-corrected chi connectivity index (χ3v) is 4.33. The van der Waals surface area contributed by atoms with E-state index < -0.39 is 29.1 Å². The summed E-state index contributed by atoms with van der Waals surface area (Å²) in [6.07, 6.45) is -1.48. The molecule has 3 rings (SSSR count). The van der Waals surface area contributed by atoms with Crippen LogP contribution in [0.2, 0.25) is 0 Å². The number of aromatic nitrogens is 1. The van der Waals surface area contributed by atoms with Crippen molar-refractivity contribution in [3.63, 3.8) is 0 Å². The minimum absolute atomic E-state index is 0.113. The molecule has 2 amide bonds. The number of nitrogens with zero attached hydrogens (tertiary/aromatic N) is 1. The zero-order chi connectivity index (χ0) is 20.5. The van der Waals surface area contributed by atoms with E-state index in [-0.39, 0.29) is 29.3 Å². The first-order valence-electron chi connectivity index (χ1n) is 8.60. The lowest BCUT2D eigenvalue weighted by atomic mass is 10.1. The van der Waals surface area contributed by atoms with Gasteiger partial charge in [-0.05, 0) is 36.6 Å². The van der Waals surface area contributed by atoms with E-state index in [4.69, 9.17) is 0 Å². The monoisotopic (exact) mass is 393 g/mol. The first kappa shape index (κ1) is 19.7. The maximum atomic E-state index is 12.8. The van der Waals surface area contributed by atoms with Crippen molar-refractivity contribution in [2.45, 2.75) is 31.6 Å². The Labute approximate surface area is 158 Å². The molecule has 0 atom stereocenters. The van der Waals surface area contributed by atoms with Crippen molar-refractivity contribution in [3.05, 3.63) is 69.1 Å². The average molecular weight is 393 g/mol. The number of alkyl halides is 3. The van der Waals surface area contributed by atoms with E-state index in [0.717, 1.165) is 29.9 Å². The maximum Gasteiger partial charge on any atom is 0.416 e. The number of hydrogen-bond donors (Lipinski definition) is 2. The van der Waals surface area contributed by atoms with Gasteiger partial charge in [0, 0.05) is 25.8 Å². The average Bonchev–Trinajstić information content (AvgIpc) is 3.45. The topological polar surface area (TPSA) is 82.3 Å². The molecule has 1 saturated carbocycles. The highest BCUT2D eigenvalue weighted by Gasteiger charge is 2.30. The van der Waals surface area contributed by atoms with Crippen molar-refractivity contribution in [1.82, 2.24) is 15.2 Å². The Balaban J connectivity index is 1.77. The smallest absolute Gasteiger partial charge is 0.349 e. The second-order valence-electron chi connectivity index (χ2n) is 6.74. The van der Waals surface area contributed by atoms with E-state index in [1.54, 1.807) is 0 Å². The van der Waals surface area contributed by atoms with E-state index in [2.05, 4.69) is 10.3 Å². The molecule has 28 heavy (non-hydrogen) atoms. The number of carbonyl (C=O) groups is 2. The zero-order valence-corrected chi connectivity index (χ0v) is 15.0. The highest BCUT2D eigenvalue weighted by atomic mass is 19.4. The molecular formula is C19H18F3N3O3. The molecular weight excluding hydrogens is 375 g/mol. The summed E-state index contributed by atoms with van der Waals surface area (Å²) < 4.78 is 38.5. The summed E-state index contributed by atoms with van der Waals surface area (Å²) in [5.41, 5.74) is -1.34. The van der Waals surface area contributed by atoms with Crippen LogP contribution in [0.5, 0.6) is 0 Å². The lowest BCUT2D eigenvalue weighted by molar-refractivity contribution is -0.137. The number of halogens is 3. The van der Waals surface area contributed by atoms with Crippen LogP contribution in [0.25, 0.3) is 0 Å². The minimum Gasteiger partial charge on any atom is -0.349 e. The fourth-order valence-corrected chi connectivity index (χ4v) is 2.67. The van der Waals surface area contributed by atoms with Crippen LogP contribution in [0, 0.1) is 0 Å². The van der Waals surface area contributed by atoms with Gasteiger partial charge in [0.1, 0.15) is 5.56 Å². The van der Waals surface area contributed by atoms with Crippen LogP contribution >= 0.6 is 0 Å². The fourth-order valence-electron chi connectivity index (χ4n) is 2.67. The number of benzene rings is 1. The molecule has 0 bridgehead atoms. The third kappa shape index (κ3) is 4.59. The van der Waals surface area contributed by atoms with Gasteiger partial charge in [0.05, 0.1) is 11.1 Å². The van der Waals surface area contributed by atoms with Crippen molar-refractivity contribution in [2.24, 2.45) is 0 Å². The molecule has 0 radical (unpaired) electrons. The Hall–Kier alpha value is -3.10. The zero-order valence-electron chi connectivity index (χ0n) is 15.0. The van der Waals surface area contributed by atoms with Crippen LogP contribution in [0.4, 0.5) is 13.2 Å². The van der Waals surface area contributed by atoms with Crippen LogP contribution in [0.3, 0.4) is 0 Å². The Morgan fingerprint density at radius 1 is 1.25 bits per heavy atom. The van der Waals surface area contributed by atoms with Gasteiger partial charge >= 0.3 is 6.18 Å². The first-order valence-corrected chi connectivity index (χ1v) is 8.60. The molecule has 1 aromatic heterocycles. The summed E-state index contributed by atoms with van der Waals surface area (Å²) in [6, 6.07) is 5.92. The highest BCUT2D eigenvalue weighted by Crippen LogP contribution is 2.29. The molecule has 148 valence electrons. The van der Waals surface area contributed by atoms with Gasteiger partial charge in [-0.15, -0.1) is 0 Å². The largest absolute Gasteiger partial charge is 0.416 e. The lowest BCUT2D eigenvalue weighted by Gasteiger charge is -2.18. The molecule has 0 unspecified atom stereocenters. The second kappa shape index (κ2) is 7.49. The molecule has 1 heterocycles. The van der Waals surface area contributed by atoms with Crippen molar-refractivity contribution >= 4 is 11.8 Å². The van der Waals surface area contributed by atoms with Gasteiger partial charge in [0.2, 0.25) is 0 Å². The molecule has 6 nitrogen and oxygen atoms in total. The Kier molecular flexibility index (Phi) is 5.26. The van der Waals surface area contributed by atoms with Crippen LogP contribution in [0.1, 0.15) is 44.7 Å². The van der Waals surface area contributed by atoms with Crippen LogP contribution in [-0.2, 0) is 12.7 Å². The molecule has 9 heteroatoms. The lowest BCUT2D eigenvalue weighted by Crippen LogP contribution is -2.33. The third-order valence-electron chi connectivity index (χ3n) is 4.33. The van der Waals surface area contributed by atoms with Gasteiger partial charge in [-0.25, -0.2) is 0 Å². The molecule has 0 spiro atoms. The van der Waals surface area contributed by atoms with Gasteiger partial charge in [-0.3, -0.25) is 14.4 Å². The molecule has 2 N–H and O–H groups in total. The van der Waals surface area contributed by atoms with E-state index in [9.17, 15) is 27.6 Å². The van der Waals surface area contributed by atoms with E-state index in [0.29, 0.717) is 0 Å². The predicted molar refractivity (Wildman–Crippen MR) is 94.8 cm³/mol. The normalized spacial score (nSPS) is 13.9. The summed E-state index contributed by atoms with van der Waals surface area (Å²) in [5.74, 6) is -1.09. The van der Waals surface area contributed by atoms with Crippen molar-refractivity contribution in [2.75, 3.05) is 7.05 Å². The molecule has 0 aliphatic heterocycles. The number of pyridine rings is 1. The molecule has 1 aliphatic rings. The highest BCUT2D eigenvalue weighted by molar-refractivity contribution is 5.99. The van der Waals surface area contributed by atoms with Gasteiger partial charge in [-0.1, -0.05) is 12.1 Å². The first-order chi connectivity index (χ1) is 13.1. The van der Waals surface area contributed by atoms with E-state index >= 15 is 0 Å². The number of H-pyrrole nitrogens is 1. The number of carbonyl (C=O) groups excluding carboxylic acids is 2. The molecule has 1 aromatic carbocycles. The second-order valence-corrected chi connectivity index (χ2v) is 6.74. The predicted octanol–water partition coefficient (Wildman–Crippen LogP) is 2.56. The summed E-state index contributed by atoms with van der Waals surface area (Å²) in [7, 11) is 1.37. The number of hydrogen-bond acceptors (Lipinski definition) is 3. The summed E-state index contributed by atoms with van der Waals surface area (Å²) in [4.78, 5) is 40.2. The van der Waals surface area contributed by atoms with Crippen LogP contribution < -0.4 is 10.9 Å². The van der Waals surface area contributed by atoms with Crippen molar-refractivity contribution in [1.29, 1.82) is 0 Å². The SMILES string of the molecule is CN(Cc1cccc(C(F)(F)F)c1)C(=O)c1cc(C(=O)NC2CC2)c[nH]c1=O. The maximum absolute atomic E-state index is 12.8. The fraction of sp³-hybridized carbons (Fsp3) is 0.316. The van der Waals surface area contributed by atoms with Crippen LogP contribution in [0.15, 0.2) is 41.3 Å². The summed E-state index contributed by atoms with van der Waals surface area (Å²) in [5, 5.41) is 2.75. The standard InChI is InChI=1S/C19H18F3N3O3/c1-25(10-11-3-2-4-13(7-11)19(20,21)22)18(28)15-8-12(9-23-17(15)27)16(26)24-14-5-6-14/h2-4,7-9,14H,5-6,10H2,1H3,(H,23,27)(H,24,26). The Morgan fingerprint density at radius 2 is 1.96 bits per heavy atom. The Morgan fingerprint density at radius 3 is 2.61 bits per heavy atom. The number of nitrogens with one attached hydrogen (secondary N) is 2. The van der Waals surface area contributed by atoms with Gasteiger partial charge in [0.25, 0.3) is 17.4 Å². The van der Waals surface area contributed by atoms with E-state index in [1.165, 1.54) is 31.4 Å².